The fraction of sp³-hybridized carbons (Fsp3) is 0.0435. The summed E-state index contributed by atoms with van der Waals surface area (Å²) in [6, 6.07) is 22.1. The summed E-state index contributed by atoms with van der Waals surface area (Å²) < 4.78 is 0. The molecule has 0 aliphatic carbocycles. The number of halogens is 1. The third kappa shape index (κ3) is 3.57. The maximum Gasteiger partial charge on any atom is 0.0539 e. The monoisotopic (exact) mass is 388 g/mol. The molecule has 0 radical (unpaired) electrons. The Kier molecular flexibility index (Phi) is 4.88. The second-order valence-corrected chi connectivity index (χ2v) is 7.18. The zero-order valence-corrected chi connectivity index (χ0v) is 16.3. The van der Waals surface area contributed by atoms with Crippen LogP contribution in [0.2, 0.25) is 5.02 Å². The summed E-state index contributed by atoms with van der Waals surface area (Å²) in [5.74, 6) is 0. The quantitative estimate of drug-likeness (QED) is 0.310. The number of anilines is 2. The van der Waals surface area contributed by atoms with Crippen LogP contribution in [-0.2, 0) is 0 Å². The van der Waals surface area contributed by atoms with Gasteiger partial charge in [-0.15, -0.1) is 0 Å². The van der Waals surface area contributed by atoms with E-state index in [-0.39, 0.29) is 0 Å². The van der Waals surface area contributed by atoms with Gasteiger partial charge in [0.2, 0.25) is 0 Å². The van der Waals surface area contributed by atoms with Gasteiger partial charge in [-0.2, -0.15) is 0 Å². The Bertz CT molecular complexity index is 1150. The largest absolute Gasteiger partial charge is 0.355 e. The standard InChI is InChI=1S/C23H17ClN2S/c1-15-5-2-3-7-18(15)23(27)20-10-9-17(13-21(20)24)26-22-8-4-6-16-14-25-12-11-19(16)22/h2-14,26H,1H3. The third-order valence-corrected chi connectivity index (χ3v) is 5.32. The number of rotatable bonds is 4. The van der Waals surface area contributed by atoms with Crippen LogP contribution in [0, 0.1) is 6.92 Å². The van der Waals surface area contributed by atoms with E-state index in [1.807, 2.05) is 66.9 Å². The molecule has 0 spiro atoms. The van der Waals surface area contributed by atoms with Crippen molar-refractivity contribution in [2.75, 3.05) is 5.32 Å². The van der Waals surface area contributed by atoms with Gasteiger partial charge < -0.3 is 5.32 Å². The lowest BCUT2D eigenvalue weighted by molar-refractivity contribution is 1.36. The molecule has 0 fully saturated rings. The van der Waals surface area contributed by atoms with Gasteiger partial charge in [0.05, 0.1) is 9.89 Å². The molecule has 0 amide bonds. The van der Waals surface area contributed by atoms with E-state index in [2.05, 4.69) is 23.3 Å². The number of fused-ring (bicyclic) bond motifs is 1. The molecule has 0 aliphatic rings. The maximum atomic E-state index is 6.57. The molecule has 1 aromatic heterocycles. The molecule has 132 valence electrons. The zero-order chi connectivity index (χ0) is 18.8. The zero-order valence-electron chi connectivity index (χ0n) is 14.7. The first-order valence-corrected chi connectivity index (χ1v) is 9.42. The van der Waals surface area contributed by atoms with Gasteiger partial charge in [-0.05, 0) is 48.4 Å². The molecule has 0 bridgehead atoms. The molecule has 0 aliphatic heterocycles. The normalized spacial score (nSPS) is 10.7. The molecular formula is C23H17ClN2S. The minimum Gasteiger partial charge on any atom is -0.355 e. The highest BCUT2D eigenvalue weighted by atomic mass is 35.5. The topological polar surface area (TPSA) is 24.9 Å². The van der Waals surface area contributed by atoms with Crippen LogP contribution in [-0.4, -0.2) is 9.85 Å². The molecule has 3 aromatic carbocycles. The fourth-order valence-electron chi connectivity index (χ4n) is 3.14. The van der Waals surface area contributed by atoms with Crippen molar-refractivity contribution in [2.24, 2.45) is 0 Å². The van der Waals surface area contributed by atoms with E-state index in [0.29, 0.717) is 5.02 Å². The summed E-state index contributed by atoms with van der Waals surface area (Å²) in [5, 5.41) is 6.29. The highest BCUT2D eigenvalue weighted by molar-refractivity contribution is 7.81. The Morgan fingerprint density at radius 2 is 1.81 bits per heavy atom. The number of aryl methyl sites for hydroxylation is 1. The minimum absolute atomic E-state index is 0.634. The van der Waals surface area contributed by atoms with Gasteiger partial charge in [0, 0.05) is 40.1 Å². The van der Waals surface area contributed by atoms with Gasteiger partial charge in [0.25, 0.3) is 0 Å². The van der Waals surface area contributed by atoms with Crippen LogP contribution in [0.4, 0.5) is 11.4 Å². The lowest BCUT2D eigenvalue weighted by atomic mass is 10.00. The second kappa shape index (κ2) is 7.47. The Labute approximate surface area is 168 Å². The number of thiocarbonyl (C=S) groups is 1. The van der Waals surface area contributed by atoms with Gasteiger partial charge >= 0.3 is 0 Å². The van der Waals surface area contributed by atoms with Crippen molar-refractivity contribution in [3.05, 3.63) is 101 Å². The van der Waals surface area contributed by atoms with Crippen LogP contribution in [0.15, 0.2) is 79.1 Å². The number of hydrogen-bond donors (Lipinski definition) is 1. The van der Waals surface area contributed by atoms with Crippen LogP contribution < -0.4 is 5.32 Å². The first kappa shape index (κ1) is 17.7. The molecule has 0 unspecified atom stereocenters. The summed E-state index contributed by atoms with van der Waals surface area (Å²) in [7, 11) is 0. The first-order valence-electron chi connectivity index (χ1n) is 8.63. The number of aromatic nitrogens is 1. The molecule has 4 heteroatoms. The Balaban J connectivity index is 1.66. The molecule has 1 N–H and O–H groups in total. The van der Waals surface area contributed by atoms with Crippen molar-refractivity contribution >= 4 is 50.8 Å². The van der Waals surface area contributed by atoms with Gasteiger partial charge in [-0.25, -0.2) is 0 Å². The molecule has 1 heterocycles. The maximum absolute atomic E-state index is 6.57. The SMILES string of the molecule is Cc1ccccc1C(=S)c1ccc(Nc2cccc3cnccc23)cc1Cl. The molecule has 4 rings (SSSR count). The van der Waals surface area contributed by atoms with E-state index in [1.165, 1.54) is 0 Å². The minimum atomic E-state index is 0.634. The Morgan fingerprint density at radius 3 is 2.63 bits per heavy atom. The van der Waals surface area contributed by atoms with Gasteiger partial charge in [0.1, 0.15) is 0 Å². The van der Waals surface area contributed by atoms with Crippen molar-refractivity contribution in [2.45, 2.75) is 6.92 Å². The second-order valence-electron chi connectivity index (χ2n) is 6.37. The predicted octanol–water partition coefficient (Wildman–Crippen LogP) is 6.71. The van der Waals surface area contributed by atoms with Crippen LogP contribution in [0.25, 0.3) is 10.8 Å². The van der Waals surface area contributed by atoms with Crippen LogP contribution in [0.5, 0.6) is 0 Å². The first-order chi connectivity index (χ1) is 13.1. The van der Waals surface area contributed by atoms with E-state index in [1.54, 1.807) is 6.20 Å². The van der Waals surface area contributed by atoms with Crippen molar-refractivity contribution in [1.82, 2.24) is 4.98 Å². The number of benzene rings is 3. The van der Waals surface area contributed by atoms with Gasteiger partial charge in [-0.3, -0.25) is 4.98 Å². The lowest BCUT2D eigenvalue weighted by Gasteiger charge is -2.13. The summed E-state index contributed by atoms with van der Waals surface area (Å²) in [5.41, 5.74) is 4.98. The summed E-state index contributed by atoms with van der Waals surface area (Å²) in [6.07, 6.45) is 3.65. The average Bonchev–Trinajstić information content (AvgIpc) is 2.68. The van der Waals surface area contributed by atoms with Crippen LogP contribution in [0.3, 0.4) is 0 Å². The number of nitrogens with one attached hydrogen (secondary N) is 1. The Hall–Kier alpha value is -2.75. The van der Waals surface area contributed by atoms with E-state index in [0.717, 1.165) is 43.7 Å². The lowest BCUT2D eigenvalue weighted by Crippen LogP contribution is -2.03. The molecule has 2 nitrogen and oxygen atoms in total. The predicted molar refractivity (Wildman–Crippen MR) is 118 cm³/mol. The van der Waals surface area contributed by atoms with Crippen molar-refractivity contribution in [1.29, 1.82) is 0 Å². The number of hydrogen-bond acceptors (Lipinski definition) is 3. The van der Waals surface area contributed by atoms with E-state index in [4.69, 9.17) is 23.8 Å². The van der Waals surface area contributed by atoms with Crippen molar-refractivity contribution in [3.63, 3.8) is 0 Å². The van der Waals surface area contributed by atoms with Crippen LogP contribution >= 0.6 is 23.8 Å². The molecule has 0 atom stereocenters. The number of nitrogens with zero attached hydrogens (tertiary/aromatic N) is 1. The Morgan fingerprint density at radius 1 is 0.963 bits per heavy atom. The smallest absolute Gasteiger partial charge is 0.0539 e. The van der Waals surface area contributed by atoms with E-state index in [9.17, 15) is 0 Å². The summed E-state index contributed by atoms with van der Waals surface area (Å²) in [4.78, 5) is 4.94. The number of pyridine rings is 1. The average molecular weight is 389 g/mol. The van der Waals surface area contributed by atoms with Crippen LogP contribution in [0.1, 0.15) is 16.7 Å². The molecule has 0 saturated carbocycles. The summed E-state index contributed by atoms with van der Waals surface area (Å²) >= 11 is 12.3. The molecule has 4 aromatic rings. The molecule has 27 heavy (non-hydrogen) atoms. The highest BCUT2D eigenvalue weighted by Gasteiger charge is 2.12. The van der Waals surface area contributed by atoms with E-state index < -0.39 is 0 Å². The molecule has 0 saturated heterocycles. The molecular weight excluding hydrogens is 372 g/mol. The van der Waals surface area contributed by atoms with Gasteiger partial charge in [-0.1, -0.05) is 60.2 Å². The van der Waals surface area contributed by atoms with Crippen molar-refractivity contribution in [3.8, 4) is 0 Å². The van der Waals surface area contributed by atoms with Crippen molar-refractivity contribution < 1.29 is 0 Å². The fourth-order valence-corrected chi connectivity index (χ4v) is 3.87. The third-order valence-electron chi connectivity index (χ3n) is 4.56. The van der Waals surface area contributed by atoms with Gasteiger partial charge in [0.15, 0.2) is 0 Å². The summed E-state index contributed by atoms with van der Waals surface area (Å²) in [6.45, 7) is 2.06. The van der Waals surface area contributed by atoms with E-state index >= 15 is 0 Å². The highest BCUT2D eigenvalue weighted by Crippen LogP contribution is 2.29.